The van der Waals surface area contributed by atoms with Gasteiger partial charge in [-0.1, -0.05) is 44.2 Å². The molecule has 4 rings (SSSR count). The van der Waals surface area contributed by atoms with Crippen LogP contribution in [0.5, 0.6) is 17.2 Å². The maximum Gasteiger partial charge on any atom is 0.409 e. The van der Waals surface area contributed by atoms with Crippen LogP contribution in [0, 0.1) is 0 Å². The van der Waals surface area contributed by atoms with Crippen LogP contribution in [0.15, 0.2) is 36.4 Å². The summed E-state index contributed by atoms with van der Waals surface area (Å²) in [5.41, 5.74) is 8.66. The first-order valence-corrected chi connectivity index (χ1v) is 10.8. The van der Waals surface area contributed by atoms with Gasteiger partial charge in [-0.05, 0) is 66.6 Å². The lowest BCUT2D eigenvalue weighted by Gasteiger charge is -2.21. The van der Waals surface area contributed by atoms with Gasteiger partial charge >= 0.3 is 6.09 Å². The Balaban J connectivity index is 1.41. The number of carbonyl (C=O) groups excluding carboxylic acids is 1. The second-order valence-electron chi connectivity index (χ2n) is 8.16. The molecule has 1 heterocycles. The third kappa shape index (κ3) is 5.30. The zero-order valence-corrected chi connectivity index (χ0v) is 16.9. The van der Waals surface area contributed by atoms with Crippen LogP contribution >= 0.6 is 0 Å². The zero-order valence-electron chi connectivity index (χ0n) is 16.9. The van der Waals surface area contributed by atoms with E-state index in [0.29, 0.717) is 11.8 Å². The van der Waals surface area contributed by atoms with Gasteiger partial charge in [0.2, 0.25) is 0 Å². The highest BCUT2D eigenvalue weighted by Gasteiger charge is 2.17. The molecule has 1 aliphatic heterocycles. The molecule has 0 atom stereocenters. The standard InChI is InChI=1S/C24H30N2O3/c25-24(27)28-21-11-13-23-19(15-21)10-9-18-14-17(8-12-22(18)29-23)16-26-20-6-4-2-1-3-5-7-20/h8,11-15,20,26H,1-7,9-10,16H2,(H2,25,27). The summed E-state index contributed by atoms with van der Waals surface area (Å²) in [5, 5.41) is 3.77. The van der Waals surface area contributed by atoms with Gasteiger partial charge in [0.15, 0.2) is 0 Å². The van der Waals surface area contributed by atoms with Gasteiger partial charge in [0.25, 0.3) is 0 Å². The van der Waals surface area contributed by atoms with E-state index < -0.39 is 6.09 Å². The van der Waals surface area contributed by atoms with Crippen LogP contribution in [0.25, 0.3) is 0 Å². The number of hydrogen-bond donors (Lipinski definition) is 2. The van der Waals surface area contributed by atoms with Crippen molar-refractivity contribution < 1.29 is 14.3 Å². The Kier molecular flexibility index (Phi) is 6.35. The van der Waals surface area contributed by atoms with E-state index in [0.717, 1.165) is 36.4 Å². The summed E-state index contributed by atoms with van der Waals surface area (Å²) in [6.07, 6.45) is 10.3. The predicted molar refractivity (Wildman–Crippen MR) is 114 cm³/mol. The van der Waals surface area contributed by atoms with Gasteiger partial charge in [0, 0.05) is 12.6 Å². The summed E-state index contributed by atoms with van der Waals surface area (Å²) < 4.78 is 11.1. The van der Waals surface area contributed by atoms with Crippen molar-refractivity contribution in [1.29, 1.82) is 0 Å². The van der Waals surface area contributed by atoms with Crippen LogP contribution < -0.4 is 20.5 Å². The molecule has 2 aromatic rings. The molecule has 1 amide bonds. The maximum atomic E-state index is 11.0. The number of fused-ring (bicyclic) bond motifs is 2. The van der Waals surface area contributed by atoms with Gasteiger partial charge in [-0.25, -0.2) is 4.79 Å². The van der Waals surface area contributed by atoms with Crippen LogP contribution in [0.4, 0.5) is 4.79 Å². The molecule has 0 spiro atoms. The Morgan fingerprint density at radius 2 is 1.62 bits per heavy atom. The molecule has 0 unspecified atom stereocenters. The molecule has 5 nitrogen and oxygen atoms in total. The van der Waals surface area contributed by atoms with Crippen molar-refractivity contribution in [2.24, 2.45) is 5.73 Å². The van der Waals surface area contributed by atoms with Crippen LogP contribution in [0.3, 0.4) is 0 Å². The summed E-state index contributed by atoms with van der Waals surface area (Å²) in [4.78, 5) is 11.0. The zero-order chi connectivity index (χ0) is 20.1. The van der Waals surface area contributed by atoms with E-state index in [9.17, 15) is 4.79 Å². The van der Waals surface area contributed by atoms with Gasteiger partial charge in [0.05, 0.1) is 0 Å². The fraction of sp³-hybridized carbons (Fsp3) is 0.458. The molecule has 0 radical (unpaired) electrons. The van der Waals surface area contributed by atoms with Crippen molar-refractivity contribution in [2.75, 3.05) is 0 Å². The Hall–Kier alpha value is -2.53. The third-order valence-electron chi connectivity index (χ3n) is 5.96. The number of hydrogen-bond acceptors (Lipinski definition) is 4. The van der Waals surface area contributed by atoms with Gasteiger partial charge in [0.1, 0.15) is 17.2 Å². The number of benzene rings is 2. The van der Waals surface area contributed by atoms with Crippen LogP contribution in [-0.4, -0.2) is 12.1 Å². The highest BCUT2D eigenvalue weighted by molar-refractivity contribution is 5.68. The summed E-state index contributed by atoms with van der Waals surface area (Å²) in [6.45, 7) is 0.904. The van der Waals surface area contributed by atoms with Gasteiger partial charge in [-0.15, -0.1) is 0 Å². The van der Waals surface area contributed by atoms with E-state index in [-0.39, 0.29) is 0 Å². The molecule has 2 aromatic carbocycles. The van der Waals surface area contributed by atoms with Crippen LogP contribution in [0.2, 0.25) is 0 Å². The molecule has 3 N–H and O–H groups in total. The Labute approximate surface area is 172 Å². The number of rotatable bonds is 4. The van der Waals surface area contributed by atoms with Crippen molar-refractivity contribution in [3.8, 4) is 17.2 Å². The monoisotopic (exact) mass is 394 g/mol. The van der Waals surface area contributed by atoms with Crippen molar-refractivity contribution in [3.63, 3.8) is 0 Å². The van der Waals surface area contributed by atoms with Gasteiger partial charge in [-0.2, -0.15) is 0 Å². The average Bonchev–Trinajstić information content (AvgIpc) is 2.85. The smallest absolute Gasteiger partial charge is 0.409 e. The highest BCUT2D eigenvalue weighted by atomic mass is 16.5. The number of nitrogens with two attached hydrogens (primary N) is 1. The fourth-order valence-corrected chi connectivity index (χ4v) is 4.38. The molecule has 5 heteroatoms. The minimum Gasteiger partial charge on any atom is -0.457 e. The molecule has 1 aliphatic carbocycles. The molecule has 29 heavy (non-hydrogen) atoms. The largest absolute Gasteiger partial charge is 0.457 e. The molecule has 1 saturated carbocycles. The summed E-state index contributed by atoms with van der Waals surface area (Å²) in [7, 11) is 0. The number of amides is 1. The van der Waals surface area contributed by atoms with E-state index in [2.05, 4.69) is 23.5 Å². The lowest BCUT2D eigenvalue weighted by atomic mass is 9.96. The minimum absolute atomic E-state index is 0.454. The first-order valence-electron chi connectivity index (χ1n) is 10.8. The van der Waals surface area contributed by atoms with E-state index in [1.54, 1.807) is 6.07 Å². The van der Waals surface area contributed by atoms with Gasteiger partial charge in [-0.3, -0.25) is 0 Å². The second-order valence-corrected chi connectivity index (χ2v) is 8.16. The molecular weight excluding hydrogens is 364 g/mol. The average molecular weight is 395 g/mol. The van der Waals surface area contributed by atoms with Crippen LogP contribution in [0.1, 0.15) is 61.6 Å². The number of nitrogens with one attached hydrogen (secondary N) is 1. The minimum atomic E-state index is -0.802. The predicted octanol–water partition coefficient (Wildman–Crippen LogP) is 5.24. The Morgan fingerprint density at radius 3 is 2.34 bits per heavy atom. The van der Waals surface area contributed by atoms with Crippen LogP contribution in [-0.2, 0) is 19.4 Å². The van der Waals surface area contributed by atoms with E-state index in [1.165, 1.54) is 56.1 Å². The van der Waals surface area contributed by atoms with Gasteiger partial charge < -0.3 is 20.5 Å². The summed E-state index contributed by atoms with van der Waals surface area (Å²) in [6, 6.07) is 12.5. The van der Waals surface area contributed by atoms with E-state index in [1.807, 2.05) is 12.1 Å². The quantitative estimate of drug-likeness (QED) is 0.744. The van der Waals surface area contributed by atoms with E-state index >= 15 is 0 Å². The molecule has 2 aliphatic rings. The first-order chi connectivity index (χ1) is 14.2. The molecular formula is C24H30N2O3. The normalized spacial score (nSPS) is 17.1. The molecule has 0 saturated heterocycles. The topological polar surface area (TPSA) is 73.6 Å². The number of primary amides is 1. The highest BCUT2D eigenvalue weighted by Crippen LogP contribution is 2.36. The van der Waals surface area contributed by atoms with E-state index in [4.69, 9.17) is 15.2 Å². The number of carbonyl (C=O) groups is 1. The molecule has 1 fully saturated rings. The Morgan fingerprint density at radius 1 is 0.966 bits per heavy atom. The lowest BCUT2D eigenvalue weighted by Crippen LogP contribution is -2.29. The third-order valence-corrected chi connectivity index (χ3v) is 5.96. The first kappa shape index (κ1) is 19.8. The molecule has 154 valence electrons. The fourth-order valence-electron chi connectivity index (χ4n) is 4.38. The summed E-state index contributed by atoms with van der Waals surface area (Å²) >= 11 is 0. The molecule has 0 bridgehead atoms. The number of ether oxygens (including phenoxy) is 2. The van der Waals surface area contributed by atoms with Crippen molar-refractivity contribution in [1.82, 2.24) is 5.32 Å². The van der Waals surface area contributed by atoms with Crippen molar-refractivity contribution in [3.05, 3.63) is 53.1 Å². The Bertz CT molecular complexity index is 857. The number of aryl methyl sites for hydroxylation is 2. The second kappa shape index (κ2) is 9.31. The SMILES string of the molecule is NC(=O)Oc1ccc2c(c1)CCc1cc(CNC3CCCCCCC3)ccc1O2. The summed E-state index contributed by atoms with van der Waals surface area (Å²) in [5.74, 6) is 2.16. The van der Waals surface area contributed by atoms with Crippen molar-refractivity contribution in [2.45, 2.75) is 70.4 Å². The maximum absolute atomic E-state index is 11.0. The lowest BCUT2D eigenvalue weighted by molar-refractivity contribution is 0.211. The van der Waals surface area contributed by atoms with Crippen molar-refractivity contribution >= 4 is 6.09 Å². The molecule has 0 aromatic heterocycles.